The molecule has 0 bridgehead atoms. The lowest BCUT2D eigenvalue weighted by molar-refractivity contribution is 0.241. The second kappa shape index (κ2) is 7.49. The molecule has 0 radical (unpaired) electrons. The molecule has 3 rings (SSSR count). The van der Waals surface area contributed by atoms with E-state index < -0.39 is 0 Å². The van der Waals surface area contributed by atoms with Crippen LogP contribution < -0.4 is 16.0 Å². The number of aromatic nitrogens is 2. The number of nitrogens with zero attached hydrogens (tertiary/aromatic N) is 2. The van der Waals surface area contributed by atoms with E-state index in [1.54, 1.807) is 0 Å². The first kappa shape index (κ1) is 16.5. The molecule has 0 atom stereocenters. The summed E-state index contributed by atoms with van der Waals surface area (Å²) in [6.07, 6.45) is 2.96. The van der Waals surface area contributed by atoms with Crippen molar-refractivity contribution in [1.82, 2.24) is 14.9 Å². The van der Waals surface area contributed by atoms with Crippen LogP contribution in [-0.2, 0) is 19.5 Å². The maximum Gasteiger partial charge on any atom is 0.257 e. The van der Waals surface area contributed by atoms with Gasteiger partial charge in [-0.05, 0) is 24.1 Å². The van der Waals surface area contributed by atoms with Gasteiger partial charge in [0.1, 0.15) is 5.75 Å². The van der Waals surface area contributed by atoms with Crippen molar-refractivity contribution < 1.29 is 4.74 Å². The Kier molecular flexibility index (Phi) is 5.15. The molecule has 0 spiro atoms. The Morgan fingerprint density at radius 1 is 1.33 bits per heavy atom. The van der Waals surface area contributed by atoms with Crippen molar-refractivity contribution in [2.24, 2.45) is 0 Å². The number of nitrogen functional groups attached to an aromatic ring is 1. The SMILES string of the molecule is CCCCOc1ccc(CN2CCc3nc(N)[nH]c(=O)c3C2)cc1. The van der Waals surface area contributed by atoms with E-state index in [4.69, 9.17) is 10.5 Å². The number of rotatable bonds is 6. The van der Waals surface area contributed by atoms with Crippen molar-refractivity contribution in [1.29, 1.82) is 0 Å². The van der Waals surface area contributed by atoms with Gasteiger partial charge in [-0.2, -0.15) is 0 Å². The summed E-state index contributed by atoms with van der Waals surface area (Å²) in [6.45, 7) is 5.19. The summed E-state index contributed by atoms with van der Waals surface area (Å²) in [5.74, 6) is 1.11. The first-order valence-electron chi connectivity index (χ1n) is 8.47. The molecule has 1 aromatic heterocycles. The Morgan fingerprint density at radius 3 is 2.88 bits per heavy atom. The lowest BCUT2D eigenvalue weighted by Crippen LogP contribution is -2.35. The number of aromatic amines is 1. The smallest absolute Gasteiger partial charge is 0.257 e. The van der Waals surface area contributed by atoms with E-state index >= 15 is 0 Å². The van der Waals surface area contributed by atoms with E-state index in [-0.39, 0.29) is 11.5 Å². The number of hydrogen-bond acceptors (Lipinski definition) is 5. The number of unbranched alkanes of at least 4 members (excludes halogenated alkanes) is 1. The molecule has 0 saturated carbocycles. The number of nitrogens with one attached hydrogen (secondary N) is 1. The summed E-state index contributed by atoms with van der Waals surface area (Å²) in [6, 6.07) is 8.19. The summed E-state index contributed by atoms with van der Waals surface area (Å²) < 4.78 is 5.69. The molecule has 6 heteroatoms. The molecule has 128 valence electrons. The third-order valence-corrected chi connectivity index (χ3v) is 4.26. The van der Waals surface area contributed by atoms with Gasteiger partial charge in [0.2, 0.25) is 5.95 Å². The highest BCUT2D eigenvalue weighted by molar-refractivity contribution is 5.29. The third-order valence-electron chi connectivity index (χ3n) is 4.26. The van der Waals surface area contributed by atoms with Crippen LogP contribution in [0.5, 0.6) is 5.75 Å². The van der Waals surface area contributed by atoms with Gasteiger partial charge in [0.25, 0.3) is 5.56 Å². The van der Waals surface area contributed by atoms with Crippen LogP contribution in [-0.4, -0.2) is 28.0 Å². The fourth-order valence-corrected chi connectivity index (χ4v) is 2.92. The van der Waals surface area contributed by atoms with E-state index in [0.717, 1.165) is 56.0 Å². The van der Waals surface area contributed by atoms with Crippen molar-refractivity contribution in [3.63, 3.8) is 0 Å². The van der Waals surface area contributed by atoms with Gasteiger partial charge in [0, 0.05) is 26.1 Å². The molecule has 6 nitrogen and oxygen atoms in total. The van der Waals surface area contributed by atoms with Gasteiger partial charge >= 0.3 is 0 Å². The minimum absolute atomic E-state index is 0.123. The predicted octanol–water partition coefficient (Wildman–Crippen LogP) is 2.09. The van der Waals surface area contributed by atoms with Gasteiger partial charge in [0.05, 0.1) is 17.9 Å². The highest BCUT2D eigenvalue weighted by Gasteiger charge is 2.20. The fourth-order valence-electron chi connectivity index (χ4n) is 2.92. The molecule has 24 heavy (non-hydrogen) atoms. The summed E-state index contributed by atoms with van der Waals surface area (Å²) in [7, 11) is 0. The highest BCUT2D eigenvalue weighted by atomic mass is 16.5. The molecule has 1 aliphatic heterocycles. The van der Waals surface area contributed by atoms with E-state index in [0.29, 0.717) is 6.54 Å². The van der Waals surface area contributed by atoms with Gasteiger partial charge in [-0.1, -0.05) is 25.5 Å². The Balaban J connectivity index is 1.62. The largest absolute Gasteiger partial charge is 0.494 e. The first-order chi connectivity index (χ1) is 11.7. The van der Waals surface area contributed by atoms with Gasteiger partial charge in [-0.15, -0.1) is 0 Å². The molecular formula is C18H24N4O2. The van der Waals surface area contributed by atoms with Crippen LogP contribution in [0.3, 0.4) is 0 Å². The molecule has 0 saturated heterocycles. The number of H-pyrrole nitrogens is 1. The molecule has 0 amide bonds. The van der Waals surface area contributed by atoms with Crippen molar-refractivity contribution in [3.05, 3.63) is 51.4 Å². The van der Waals surface area contributed by atoms with E-state index in [1.165, 1.54) is 5.56 Å². The number of anilines is 1. The van der Waals surface area contributed by atoms with Crippen molar-refractivity contribution in [2.75, 3.05) is 18.9 Å². The van der Waals surface area contributed by atoms with Gasteiger partial charge in [-0.3, -0.25) is 14.7 Å². The average Bonchev–Trinajstić information content (AvgIpc) is 2.57. The molecule has 2 aromatic rings. The second-order valence-electron chi connectivity index (χ2n) is 6.18. The number of hydrogen-bond donors (Lipinski definition) is 2. The standard InChI is InChI=1S/C18H24N4O2/c1-2-3-10-24-14-6-4-13(5-7-14)11-22-9-8-16-15(12-22)17(23)21-18(19)20-16/h4-7H,2-3,8-12H2,1H3,(H3,19,20,21,23). The number of nitrogens with two attached hydrogens (primary N) is 1. The lowest BCUT2D eigenvalue weighted by atomic mass is 10.1. The zero-order valence-electron chi connectivity index (χ0n) is 14.0. The number of ether oxygens (including phenoxy) is 1. The maximum absolute atomic E-state index is 12.0. The van der Waals surface area contributed by atoms with Crippen molar-refractivity contribution in [2.45, 2.75) is 39.3 Å². The summed E-state index contributed by atoms with van der Waals surface area (Å²) in [5, 5.41) is 0. The molecule has 1 aromatic carbocycles. The van der Waals surface area contributed by atoms with Gasteiger partial charge in [-0.25, -0.2) is 4.98 Å². The molecule has 1 aliphatic rings. The van der Waals surface area contributed by atoms with Crippen molar-refractivity contribution >= 4 is 5.95 Å². The average molecular weight is 328 g/mol. The van der Waals surface area contributed by atoms with Crippen LogP contribution in [0, 0.1) is 0 Å². The van der Waals surface area contributed by atoms with Gasteiger partial charge in [0.15, 0.2) is 0 Å². The zero-order chi connectivity index (χ0) is 16.9. The van der Waals surface area contributed by atoms with Crippen LogP contribution in [0.25, 0.3) is 0 Å². The topological polar surface area (TPSA) is 84.2 Å². The van der Waals surface area contributed by atoms with Crippen LogP contribution in [0.1, 0.15) is 36.6 Å². The van der Waals surface area contributed by atoms with E-state index in [1.807, 2.05) is 12.1 Å². The van der Waals surface area contributed by atoms with Crippen LogP contribution in [0.15, 0.2) is 29.1 Å². The normalized spacial score (nSPS) is 14.4. The van der Waals surface area contributed by atoms with Crippen LogP contribution in [0.4, 0.5) is 5.95 Å². The van der Waals surface area contributed by atoms with E-state index in [9.17, 15) is 4.79 Å². The number of fused-ring (bicyclic) bond motifs is 1. The first-order valence-corrected chi connectivity index (χ1v) is 8.47. The quantitative estimate of drug-likeness (QED) is 0.793. The Labute approximate surface area is 141 Å². The Morgan fingerprint density at radius 2 is 2.12 bits per heavy atom. The second-order valence-corrected chi connectivity index (χ2v) is 6.18. The summed E-state index contributed by atoms with van der Waals surface area (Å²) in [5.41, 5.74) is 8.25. The highest BCUT2D eigenvalue weighted by Crippen LogP contribution is 2.18. The monoisotopic (exact) mass is 328 g/mol. The minimum atomic E-state index is -0.123. The Bertz CT molecular complexity index is 740. The van der Waals surface area contributed by atoms with E-state index in [2.05, 4.69) is 33.9 Å². The molecule has 2 heterocycles. The summed E-state index contributed by atoms with van der Waals surface area (Å²) in [4.78, 5) is 21.1. The van der Waals surface area contributed by atoms with Crippen LogP contribution >= 0.6 is 0 Å². The minimum Gasteiger partial charge on any atom is -0.494 e. The summed E-state index contributed by atoms with van der Waals surface area (Å²) >= 11 is 0. The maximum atomic E-state index is 12.0. The molecule has 0 aliphatic carbocycles. The van der Waals surface area contributed by atoms with Crippen LogP contribution in [0.2, 0.25) is 0 Å². The molecule has 0 fully saturated rings. The fraction of sp³-hybridized carbons (Fsp3) is 0.444. The third kappa shape index (κ3) is 3.94. The van der Waals surface area contributed by atoms with Gasteiger partial charge < -0.3 is 10.5 Å². The molecule has 0 unspecified atom stereocenters. The Hall–Kier alpha value is -2.34. The van der Waals surface area contributed by atoms with Crippen molar-refractivity contribution in [3.8, 4) is 5.75 Å². The number of benzene rings is 1. The lowest BCUT2D eigenvalue weighted by Gasteiger charge is -2.27. The molecular weight excluding hydrogens is 304 g/mol. The molecule has 3 N–H and O–H groups in total. The predicted molar refractivity (Wildman–Crippen MR) is 93.9 cm³/mol. The zero-order valence-corrected chi connectivity index (χ0v) is 14.0.